The molecule has 7 heteroatoms. The number of alkyl halides is 4. The van der Waals surface area contributed by atoms with Crippen molar-refractivity contribution in [3.63, 3.8) is 0 Å². The van der Waals surface area contributed by atoms with Crippen LogP contribution >= 0.6 is 0 Å². The summed E-state index contributed by atoms with van der Waals surface area (Å²) in [5.41, 5.74) is 2.82. The Hall–Kier alpha value is -2.15. The van der Waals surface area contributed by atoms with Crippen LogP contribution in [0.5, 0.6) is 0 Å². The largest absolute Gasteiger partial charge is 0.416 e. The van der Waals surface area contributed by atoms with E-state index in [1.54, 1.807) is 18.2 Å². The van der Waals surface area contributed by atoms with Gasteiger partial charge in [-0.1, -0.05) is 24.3 Å². The minimum atomic E-state index is -4.42. The molecule has 2 aliphatic carbocycles. The van der Waals surface area contributed by atoms with Gasteiger partial charge in [-0.15, -0.1) is 0 Å². The van der Waals surface area contributed by atoms with Gasteiger partial charge in [-0.25, -0.2) is 12.8 Å². The van der Waals surface area contributed by atoms with E-state index < -0.39 is 27.6 Å². The average molecular weight is 424 g/mol. The quantitative estimate of drug-likeness (QED) is 0.548. The number of halogens is 4. The maximum absolute atomic E-state index is 13.4. The number of allylic oxidation sites excluding steroid dienone is 2. The molecule has 2 aliphatic rings. The highest BCUT2D eigenvalue weighted by Crippen LogP contribution is 2.63. The van der Waals surface area contributed by atoms with Gasteiger partial charge in [0, 0.05) is 0 Å². The van der Waals surface area contributed by atoms with Crippen molar-refractivity contribution in [3.8, 4) is 0 Å². The molecule has 0 amide bonds. The molecule has 2 aromatic rings. The van der Waals surface area contributed by atoms with Gasteiger partial charge in [-0.3, -0.25) is 0 Å². The van der Waals surface area contributed by atoms with Gasteiger partial charge in [0.2, 0.25) is 9.84 Å². The first-order valence-electron chi connectivity index (χ1n) is 9.34. The molecule has 0 bridgehead atoms. The van der Waals surface area contributed by atoms with Crippen LogP contribution in [-0.4, -0.2) is 14.4 Å². The van der Waals surface area contributed by atoms with Gasteiger partial charge in [-0.05, 0) is 84.1 Å². The summed E-state index contributed by atoms with van der Waals surface area (Å²) in [6.45, 7) is 1.45. The first-order chi connectivity index (χ1) is 13.5. The van der Waals surface area contributed by atoms with E-state index in [1.807, 2.05) is 0 Å². The minimum Gasteiger partial charge on any atom is -0.233 e. The molecule has 2 aromatic carbocycles. The molecule has 0 atom stereocenters. The topological polar surface area (TPSA) is 34.1 Å². The van der Waals surface area contributed by atoms with E-state index in [-0.39, 0.29) is 15.9 Å². The summed E-state index contributed by atoms with van der Waals surface area (Å²) in [4.78, 5) is -0.0975. The van der Waals surface area contributed by atoms with Crippen molar-refractivity contribution in [1.82, 2.24) is 0 Å². The Labute approximate surface area is 167 Å². The smallest absolute Gasteiger partial charge is 0.233 e. The van der Waals surface area contributed by atoms with Gasteiger partial charge in [-0.2, -0.15) is 13.2 Å². The van der Waals surface area contributed by atoms with Crippen LogP contribution in [0.25, 0.3) is 11.1 Å². The van der Waals surface area contributed by atoms with Crippen molar-refractivity contribution in [2.45, 2.75) is 43.7 Å². The number of rotatable bonds is 4. The van der Waals surface area contributed by atoms with Crippen LogP contribution in [0, 0.1) is 12.3 Å². The van der Waals surface area contributed by atoms with Gasteiger partial charge in [0.05, 0.1) is 10.5 Å². The first-order valence-corrected chi connectivity index (χ1v) is 11.0. The number of aryl methyl sites for hydroxylation is 1. The summed E-state index contributed by atoms with van der Waals surface area (Å²) >= 11 is 0. The summed E-state index contributed by atoms with van der Waals surface area (Å²) in [6, 6.07) is 8.95. The molecule has 0 aromatic heterocycles. The van der Waals surface area contributed by atoms with Gasteiger partial charge >= 0.3 is 6.18 Å². The standard InChI is InChI=1S/C22H20F4O2S/c1-14-2-3-16(10-20(14)22(24,25)26)19-12-21(8-9-21)11-18(19)15-4-6-17(7-5-15)29(27,28)13-23/h2-7,10H,8-9,11-13H2,1H3. The predicted molar refractivity (Wildman–Crippen MR) is 103 cm³/mol. The van der Waals surface area contributed by atoms with Gasteiger partial charge < -0.3 is 0 Å². The molecule has 1 spiro atoms. The highest BCUT2D eigenvalue weighted by atomic mass is 32.2. The van der Waals surface area contributed by atoms with E-state index in [2.05, 4.69) is 0 Å². The van der Waals surface area contributed by atoms with E-state index >= 15 is 0 Å². The van der Waals surface area contributed by atoms with Crippen molar-refractivity contribution < 1.29 is 26.0 Å². The second-order valence-corrected chi connectivity index (χ2v) is 10.0. The molecule has 1 fully saturated rings. The van der Waals surface area contributed by atoms with Crippen molar-refractivity contribution in [3.05, 3.63) is 64.7 Å². The zero-order chi connectivity index (χ0) is 21.0. The lowest BCUT2D eigenvalue weighted by Gasteiger charge is -2.14. The molecule has 29 heavy (non-hydrogen) atoms. The van der Waals surface area contributed by atoms with Gasteiger partial charge in [0.15, 0.2) is 6.01 Å². The van der Waals surface area contributed by atoms with Crippen LogP contribution in [0.15, 0.2) is 47.4 Å². The molecule has 0 aliphatic heterocycles. The van der Waals surface area contributed by atoms with Crippen LogP contribution in [0.1, 0.15) is 47.9 Å². The van der Waals surface area contributed by atoms with Gasteiger partial charge in [0.1, 0.15) is 0 Å². The number of benzene rings is 2. The molecule has 0 unspecified atom stereocenters. The second-order valence-electron chi connectivity index (χ2n) is 8.09. The second kappa shape index (κ2) is 6.69. The number of sulfone groups is 1. The molecule has 4 rings (SSSR count). The van der Waals surface area contributed by atoms with Crippen LogP contribution < -0.4 is 0 Å². The third-order valence-electron chi connectivity index (χ3n) is 6.02. The summed E-state index contributed by atoms with van der Waals surface area (Å²) in [5.74, 6) is 0. The fourth-order valence-corrected chi connectivity index (χ4v) is 4.83. The summed E-state index contributed by atoms with van der Waals surface area (Å²) in [7, 11) is -3.95. The minimum absolute atomic E-state index is 0.0975. The average Bonchev–Trinajstić information content (AvgIpc) is 3.32. The summed E-state index contributed by atoms with van der Waals surface area (Å²) < 4.78 is 76.3. The fraction of sp³-hybridized carbons (Fsp3) is 0.364. The molecule has 1 saturated carbocycles. The number of hydrogen-bond acceptors (Lipinski definition) is 2. The fourth-order valence-electron chi connectivity index (χ4n) is 4.15. The Balaban J connectivity index is 1.79. The van der Waals surface area contributed by atoms with Crippen LogP contribution in [0.3, 0.4) is 0 Å². The lowest BCUT2D eigenvalue weighted by atomic mass is 9.94. The number of hydrogen-bond donors (Lipinski definition) is 0. The first kappa shape index (κ1) is 20.1. The Morgan fingerprint density at radius 3 is 2.00 bits per heavy atom. The zero-order valence-corrected chi connectivity index (χ0v) is 16.6. The van der Waals surface area contributed by atoms with Crippen molar-refractivity contribution in [2.24, 2.45) is 5.41 Å². The summed E-state index contributed by atoms with van der Waals surface area (Å²) in [5, 5.41) is 0. The maximum atomic E-state index is 13.4. The maximum Gasteiger partial charge on any atom is 0.416 e. The third kappa shape index (κ3) is 3.72. The summed E-state index contributed by atoms with van der Waals surface area (Å²) in [6.07, 6.45) is -0.877. The van der Waals surface area contributed by atoms with Crippen LogP contribution in [-0.2, 0) is 16.0 Å². The monoisotopic (exact) mass is 424 g/mol. The zero-order valence-electron chi connectivity index (χ0n) is 15.8. The van der Waals surface area contributed by atoms with Crippen LogP contribution in [0.2, 0.25) is 0 Å². The van der Waals surface area contributed by atoms with E-state index in [4.69, 9.17) is 0 Å². The van der Waals surface area contributed by atoms with E-state index in [1.165, 1.54) is 31.2 Å². The molecular weight excluding hydrogens is 404 g/mol. The SMILES string of the molecule is Cc1ccc(C2=C(c3ccc(S(=O)(=O)CF)cc3)CC3(CC3)C2)cc1C(F)(F)F. The molecular formula is C22H20F4O2S. The lowest BCUT2D eigenvalue weighted by Crippen LogP contribution is -2.08. The molecule has 0 saturated heterocycles. The van der Waals surface area contributed by atoms with Crippen LogP contribution in [0.4, 0.5) is 17.6 Å². The Morgan fingerprint density at radius 2 is 1.48 bits per heavy atom. The van der Waals surface area contributed by atoms with E-state index in [0.29, 0.717) is 12.0 Å². The molecule has 0 radical (unpaired) electrons. The van der Waals surface area contributed by atoms with Gasteiger partial charge in [0.25, 0.3) is 0 Å². The Morgan fingerprint density at radius 1 is 0.931 bits per heavy atom. The highest BCUT2D eigenvalue weighted by molar-refractivity contribution is 7.91. The molecule has 154 valence electrons. The molecule has 0 N–H and O–H groups in total. The van der Waals surface area contributed by atoms with Crippen molar-refractivity contribution in [1.29, 1.82) is 0 Å². The third-order valence-corrected chi connectivity index (χ3v) is 7.30. The molecule has 2 nitrogen and oxygen atoms in total. The van der Waals surface area contributed by atoms with Crippen molar-refractivity contribution >= 4 is 21.0 Å². The normalized spacial score (nSPS) is 18.5. The van der Waals surface area contributed by atoms with Crippen molar-refractivity contribution in [2.75, 3.05) is 6.01 Å². The predicted octanol–water partition coefficient (Wildman–Crippen LogP) is 6.20. The Kier molecular flexibility index (Phi) is 4.64. The van der Waals surface area contributed by atoms with E-state index in [0.717, 1.165) is 36.0 Å². The Bertz CT molecular complexity index is 1090. The van der Waals surface area contributed by atoms with E-state index in [9.17, 15) is 26.0 Å². The lowest BCUT2D eigenvalue weighted by molar-refractivity contribution is -0.138. The molecule has 0 heterocycles. The highest BCUT2D eigenvalue weighted by Gasteiger charge is 2.48.